The summed E-state index contributed by atoms with van der Waals surface area (Å²) in [4.78, 5) is 11.7. The molecule has 1 amide bonds. The highest BCUT2D eigenvalue weighted by atomic mass is 32.1. The third kappa shape index (κ3) is 5.04. The molecule has 5 rings (SSSR count). The Morgan fingerprint density at radius 3 is 2.69 bits per heavy atom. The van der Waals surface area contributed by atoms with Gasteiger partial charge >= 0.3 is 0 Å². The number of aromatic nitrogens is 2. The van der Waals surface area contributed by atoms with E-state index < -0.39 is 0 Å². The zero-order valence-electron chi connectivity index (χ0n) is 19.9. The Balaban J connectivity index is 1.49. The zero-order chi connectivity index (χ0) is 24.6. The van der Waals surface area contributed by atoms with Gasteiger partial charge in [0.25, 0.3) is 0 Å². The number of benzene rings is 2. The first-order chi connectivity index (χ1) is 16.8. The number of amides is 1. The number of carbonyl (C=O) groups is 1. The highest BCUT2D eigenvalue weighted by Crippen LogP contribution is 2.39. The summed E-state index contributed by atoms with van der Waals surface area (Å²) in [5, 5.41) is 15.0. The van der Waals surface area contributed by atoms with Crippen LogP contribution in [0.1, 0.15) is 31.9 Å². The number of thiophene rings is 1. The smallest absolute Gasteiger partial charge is 0.224 e. The monoisotopic (exact) mass is 491 g/mol. The van der Waals surface area contributed by atoms with Gasteiger partial charge in [-0.15, -0.1) is 21.5 Å². The quantitative estimate of drug-likeness (QED) is 0.359. The molecule has 2 aromatic heterocycles. The largest absolute Gasteiger partial charge is 0.490 e. The van der Waals surface area contributed by atoms with Gasteiger partial charge in [-0.05, 0) is 61.5 Å². The maximum absolute atomic E-state index is 14.1. The van der Waals surface area contributed by atoms with Gasteiger partial charge in [0.1, 0.15) is 29.6 Å². The number of rotatable bonds is 6. The number of fused-ring (bicyclic) bond motifs is 2. The van der Waals surface area contributed by atoms with Crippen molar-refractivity contribution in [1.82, 2.24) is 15.5 Å². The molecule has 8 heteroatoms. The van der Waals surface area contributed by atoms with Crippen LogP contribution >= 0.6 is 11.3 Å². The molecule has 2 aromatic carbocycles. The standard InChI is InChI=1S/C27H26FN3O3S/c1-27(2,3)34-10-9-33-22-14-19(28)6-7-20(22)25-26-21(8-11-35-26)24(30-31-25)17-5-4-16-13-23(32)29-15-18(16)12-17/h4-8,11-12,14H,9-10,13,15H2,1-3H3,(H,29,32). The van der Waals surface area contributed by atoms with Gasteiger partial charge in [0.15, 0.2) is 0 Å². The fourth-order valence-electron chi connectivity index (χ4n) is 4.12. The van der Waals surface area contributed by atoms with Crippen molar-refractivity contribution in [1.29, 1.82) is 0 Å². The molecular weight excluding hydrogens is 465 g/mol. The third-order valence-corrected chi connectivity index (χ3v) is 6.69. The highest BCUT2D eigenvalue weighted by molar-refractivity contribution is 7.17. The lowest BCUT2D eigenvalue weighted by Crippen LogP contribution is -2.30. The molecule has 0 radical (unpaired) electrons. The minimum Gasteiger partial charge on any atom is -0.490 e. The van der Waals surface area contributed by atoms with Crippen LogP contribution in [-0.4, -0.2) is 34.9 Å². The van der Waals surface area contributed by atoms with Crippen LogP contribution in [0.15, 0.2) is 47.8 Å². The van der Waals surface area contributed by atoms with Crippen LogP contribution in [0, 0.1) is 5.82 Å². The lowest BCUT2D eigenvalue weighted by molar-refractivity contribution is -0.121. The molecule has 0 saturated heterocycles. The fraction of sp³-hybridized carbons (Fsp3) is 0.296. The Labute approximate surface area is 207 Å². The number of hydrogen-bond acceptors (Lipinski definition) is 6. The molecule has 180 valence electrons. The third-order valence-electron chi connectivity index (χ3n) is 5.77. The van der Waals surface area contributed by atoms with Gasteiger partial charge in [0.05, 0.1) is 23.3 Å². The van der Waals surface area contributed by atoms with E-state index in [0.29, 0.717) is 43.2 Å². The van der Waals surface area contributed by atoms with Gasteiger partial charge in [-0.25, -0.2) is 4.39 Å². The minimum absolute atomic E-state index is 0.0388. The molecule has 0 saturated carbocycles. The Kier molecular flexibility index (Phi) is 6.25. The summed E-state index contributed by atoms with van der Waals surface area (Å²) < 4.78 is 26.7. The summed E-state index contributed by atoms with van der Waals surface area (Å²) in [6.45, 7) is 7.11. The van der Waals surface area contributed by atoms with E-state index in [0.717, 1.165) is 32.5 Å². The molecule has 1 aliphatic rings. The van der Waals surface area contributed by atoms with Crippen molar-refractivity contribution in [3.63, 3.8) is 0 Å². The summed E-state index contributed by atoms with van der Waals surface area (Å²) in [5.41, 5.74) is 4.89. The first-order valence-electron chi connectivity index (χ1n) is 11.5. The second-order valence-electron chi connectivity index (χ2n) is 9.45. The van der Waals surface area contributed by atoms with Crippen LogP contribution in [-0.2, 0) is 22.5 Å². The van der Waals surface area contributed by atoms with Crippen LogP contribution in [0.4, 0.5) is 4.39 Å². The minimum atomic E-state index is -0.381. The van der Waals surface area contributed by atoms with Crippen molar-refractivity contribution >= 4 is 27.3 Å². The van der Waals surface area contributed by atoms with Gasteiger partial charge in [0, 0.05) is 29.1 Å². The van der Waals surface area contributed by atoms with E-state index in [1.807, 2.05) is 44.4 Å². The van der Waals surface area contributed by atoms with Gasteiger partial charge < -0.3 is 14.8 Å². The molecule has 0 aliphatic carbocycles. The SMILES string of the molecule is CC(C)(C)OCCOc1cc(F)ccc1-c1nnc(-c2ccc3c(c2)CNC(=O)C3)c2ccsc12. The average Bonchev–Trinajstić information content (AvgIpc) is 3.31. The zero-order valence-corrected chi connectivity index (χ0v) is 20.7. The lowest BCUT2D eigenvalue weighted by atomic mass is 9.96. The predicted molar refractivity (Wildman–Crippen MR) is 135 cm³/mol. The van der Waals surface area contributed by atoms with Crippen LogP contribution in [0.5, 0.6) is 5.75 Å². The summed E-state index contributed by atoms with van der Waals surface area (Å²) in [6, 6.07) is 12.5. The van der Waals surface area contributed by atoms with Crippen LogP contribution in [0.2, 0.25) is 0 Å². The van der Waals surface area contributed by atoms with E-state index in [1.165, 1.54) is 12.1 Å². The first-order valence-corrected chi connectivity index (χ1v) is 12.4. The van der Waals surface area contributed by atoms with Crippen molar-refractivity contribution in [2.45, 2.75) is 39.3 Å². The highest BCUT2D eigenvalue weighted by Gasteiger charge is 2.20. The molecular formula is C27H26FN3O3S. The molecule has 0 bridgehead atoms. The first kappa shape index (κ1) is 23.4. The predicted octanol–water partition coefficient (Wildman–Crippen LogP) is 5.53. The van der Waals surface area contributed by atoms with E-state index in [4.69, 9.17) is 9.47 Å². The summed E-state index contributed by atoms with van der Waals surface area (Å²) in [5.74, 6) is 0.0642. The number of ether oxygens (including phenoxy) is 2. The van der Waals surface area contributed by atoms with E-state index in [1.54, 1.807) is 17.4 Å². The van der Waals surface area contributed by atoms with E-state index in [-0.39, 0.29) is 17.3 Å². The van der Waals surface area contributed by atoms with Gasteiger partial charge in [-0.1, -0.05) is 12.1 Å². The van der Waals surface area contributed by atoms with Crippen molar-refractivity contribution in [2.75, 3.05) is 13.2 Å². The Bertz CT molecular complexity index is 1410. The molecule has 4 aromatic rings. The van der Waals surface area contributed by atoms with E-state index >= 15 is 0 Å². The van der Waals surface area contributed by atoms with Crippen molar-refractivity contribution in [3.8, 4) is 28.3 Å². The molecule has 0 spiro atoms. The van der Waals surface area contributed by atoms with E-state index in [9.17, 15) is 9.18 Å². The van der Waals surface area contributed by atoms with Gasteiger partial charge in [-0.3, -0.25) is 4.79 Å². The molecule has 0 fully saturated rings. The molecule has 0 unspecified atom stereocenters. The summed E-state index contributed by atoms with van der Waals surface area (Å²) in [6.07, 6.45) is 0.391. The maximum Gasteiger partial charge on any atom is 0.224 e. The maximum atomic E-state index is 14.1. The number of halogens is 1. The van der Waals surface area contributed by atoms with Crippen molar-refractivity contribution < 1.29 is 18.7 Å². The molecule has 0 atom stereocenters. The van der Waals surface area contributed by atoms with Crippen LogP contribution in [0.3, 0.4) is 0 Å². The molecule has 3 heterocycles. The van der Waals surface area contributed by atoms with Crippen molar-refractivity contribution in [2.24, 2.45) is 0 Å². The molecule has 35 heavy (non-hydrogen) atoms. The number of carbonyl (C=O) groups excluding carboxylic acids is 1. The van der Waals surface area contributed by atoms with Crippen LogP contribution in [0.25, 0.3) is 32.6 Å². The number of nitrogens with one attached hydrogen (secondary N) is 1. The lowest BCUT2D eigenvalue weighted by Gasteiger charge is -2.20. The van der Waals surface area contributed by atoms with E-state index in [2.05, 4.69) is 21.6 Å². The second kappa shape index (κ2) is 9.36. The number of nitrogens with zero attached hydrogens (tertiary/aromatic N) is 2. The molecule has 1 N–H and O–H groups in total. The topological polar surface area (TPSA) is 73.3 Å². The molecule has 1 aliphatic heterocycles. The summed E-state index contributed by atoms with van der Waals surface area (Å²) >= 11 is 1.56. The normalized spacial score (nSPS) is 13.5. The average molecular weight is 492 g/mol. The van der Waals surface area contributed by atoms with Crippen molar-refractivity contribution in [3.05, 3.63) is 64.8 Å². The Morgan fingerprint density at radius 2 is 1.86 bits per heavy atom. The van der Waals surface area contributed by atoms with Crippen LogP contribution < -0.4 is 10.1 Å². The summed E-state index contributed by atoms with van der Waals surface area (Å²) in [7, 11) is 0. The second-order valence-corrected chi connectivity index (χ2v) is 10.4. The van der Waals surface area contributed by atoms with Gasteiger partial charge in [-0.2, -0.15) is 0 Å². The Morgan fingerprint density at radius 1 is 1.03 bits per heavy atom. The molecule has 6 nitrogen and oxygen atoms in total. The number of hydrogen-bond donors (Lipinski definition) is 1. The Hall–Kier alpha value is -3.36. The fourth-order valence-corrected chi connectivity index (χ4v) is 5.01. The van der Waals surface area contributed by atoms with Gasteiger partial charge in [0.2, 0.25) is 5.91 Å².